The maximum Gasteiger partial charge on any atom is 0.412 e. The molecule has 0 saturated carbocycles. The molecule has 1 amide bonds. The molecular weight excluding hydrogens is 398 g/mol. The Kier molecular flexibility index (Phi) is 6.80. The topological polar surface area (TPSA) is 64.6 Å². The highest BCUT2D eigenvalue weighted by molar-refractivity contribution is 9.10. The van der Waals surface area contributed by atoms with Gasteiger partial charge < -0.3 is 9.47 Å². The van der Waals surface area contributed by atoms with E-state index >= 15 is 0 Å². The average molecular weight is 420 g/mol. The Hall–Kier alpha value is -2.34. The van der Waals surface area contributed by atoms with Crippen molar-refractivity contribution in [3.05, 3.63) is 64.6 Å². The monoisotopic (exact) mass is 419 g/mol. The number of anilines is 1. The molecule has 0 spiro atoms. The molecule has 0 saturated heterocycles. The lowest BCUT2D eigenvalue weighted by Crippen LogP contribution is -2.37. The summed E-state index contributed by atoms with van der Waals surface area (Å²) in [7, 11) is 0. The quantitative estimate of drug-likeness (QED) is 0.696. The van der Waals surface area contributed by atoms with E-state index in [9.17, 15) is 9.59 Å². The molecule has 2 aromatic rings. The Balaban J connectivity index is 2.07. The van der Waals surface area contributed by atoms with Crippen molar-refractivity contribution < 1.29 is 19.1 Å². The van der Waals surface area contributed by atoms with Crippen LogP contribution in [-0.2, 0) is 20.7 Å². The number of ether oxygens (including phenoxy) is 2. The van der Waals surface area contributed by atoms with Crippen LogP contribution in [0.4, 0.5) is 10.5 Å². The van der Waals surface area contributed by atoms with E-state index in [1.807, 2.05) is 30.3 Å². The van der Waals surface area contributed by atoms with Gasteiger partial charge in [0.25, 0.3) is 0 Å². The van der Waals surface area contributed by atoms with Crippen LogP contribution in [0.1, 0.15) is 26.3 Å². The lowest BCUT2D eigenvalue weighted by molar-refractivity contribution is -0.164. The van der Waals surface area contributed by atoms with Crippen molar-refractivity contribution in [2.75, 3.05) is 5.32 Å². The van der Waals surface area contributed by atoms with Crippen molar-refractivity contribution in [1.29, 1.82) is 0 Å². The lowest BCUT2D eigenvalue weighted by Gasteiger charge is -2.24. The maximum absolute atomic E-state index is 12.5. The number of amides is 1. The molecule has 0 heterocycles. The zero-order valence-corrected chi connectivity index (χ0v) is 16.6. The maximum atomic E-state index is 12.5. The Morgan fingerprint density at radius 3 is 2.23 bits per heavy atom. The van der Waals surface area contributed by atoms with Crippen molar-refractivity contribution in [3.8, 4) is 0 Å². The third-order valence-electron chi connectivity index (χ3n) is 3.27. The fourth-order valence-electron chi connectivity index (χ4n) is 2.18. The predicted molar refractivity (Wildman–Crippen MR) is 104 cm³/mol. The normalized spacial score (nSPS) is 12.2. The Morgan fingerprint density at radius 1 is 1.04 bits per heavy atom. The molecule has 0 aliphatic heterocycles. The predicted octanol–water partition coefficient (Wildman–Crippen LogP) is 4.95. The molecule has 1 atom stereocenters. The number of halogens is 1. The van der Waals surface area contributed by atoms with E-state index in [4.69, 9.17) is 9.47 Å². The van der Waals surface area contributed by atoms with Gasteiger partial charge in [-0.1, -0.05) is 46.3 Å². The van der Waals surface area contributed by atoms with Crippen molar-refractivity contribution in [1.82, 2.24) is 0 Å². The van der Waals surface area contributed by atoms with Gasteiger partial charge in [-0.3, -0.25) is 5.32 Å². The standard InChI is InChI=1S/C20H22BrNO4/c1-20(2,3)26-18(23)17(13-14-7-5-4-6-8-14)25-19(24)22-16-11-9-15(21)10-12-16/h4-12,17H,13H2,1-3H3,(H,22,24). The summed E-state index contributed by atoms with van der Waals surface area (Å²) in [5.41, 5.74) is 0.776. The van der Waals surface area contributed by atoms with Crippen LogP contribution in [0.25, 0.3) is 0 Å². The summed E-state index contributed by atoms with van der Waals surface area (Å²) in [6, 6.07) is 16.4. The van der Waals surface area contributed by atoms with Crippen LogP contribution >= 0.6 is 15.9 Å². The van der Waals surface area contributed by atoms with Crippen molar-refractivity contribution in [3.63, 3.8) is 0 Å². The van der Waals surface area contributed by atoms with E-state index in [1.165, 1.54) is 0 Å². The van der Waals surface area contributed by atoms with Crippen molar-refractivity contribution in [2.24, 2.45) is 0 Å². The van der Waals surface area contributed by atoms with Gasteiger partial charge >= 0.3 is 12.1 Å². The van der Waals surface area contributed by atoms with Gasteiger partial charge in [-0.05, 0) is 50.6 Å². The Bertz CT molecular complexity index is 739. The van der Waals surface area contributed by atoms with Gasteiger partial charge in [-0.15, -0.1) is 0 Å². The number of esters is 1. The third kappa shape index (κ3) is 6.88. The lowest BCUT2D eigenvalue weighted by atomic mass is 10.1. The van der Waals surface area contributed by atoms with E-state index in [2.05, 4.69) is 21.2 Å². The number of hydrogen-bond acceptors (Lipinski definition) is 4. The fraction of sp³-hybridized carbons (Fsp3) is 0.300. The summed E-state index contributed by atoms with van der Waals surface area (Å²) in [6.45, 7) is 5.31. The summed E-state index contributed by atoms with van der Waals surface area (Å²) < 4.78 is 11.6. The van der Waals surface area contributed by atoms with Crippen LogP contribution < -0.4 is 5.32 Å². The van der Waals surface area contributed by atoms with Crippen LogP contribution in [-0.4, -0.2) is 23.8 Å². The van der Waals surface area contributed by atoms with Crippen molar-refractivity contribution in [2.45, 2.75) is 38.9 Å². The van der Waals surface area contributed by atoms with E-state index in [1.54, 1.807) is 45.0 Å². The molecule has 2 aromatic carbocycles. The number of rotatable bonds is 5. The van der Waals surface area contributed by atoms with Crippen LogP contribution in [0.2, 0.25) is 0 Å². The molecular formula is C20H22BrNO4. The zero-order chi connectivity index (χ0) is 19.2. The van der Waals surface area contributed by atoms with Gasteiger partial charge in [0.15, 0.2) is 0 Å². The number of nitrogens with one attached hydrogen (secondary N) is 1. The smallest absolute Gasteiger partial charge is 0.412 e. The van der Waals surface area contributed by atoms with Gasteiger partial charge in [-0.2, -0.15) is 0 Å². The number of carbonyl (C=O) groups is 2. The minimum absolute atomic E-state index is 0.240. The molecule has 6 heteroatoms. The van der Waals surface area contributed by atoms with E-state index in [0.717, 1.165) is 10.0 Å². The second-order valence-electron chi connectivity index (χ2n) is 6.75. The van der Waals surface area contributed by atoms with Crippen LogP contribution in [0.15, 0.2) is 59.1 Å². The molecule has 26 heavy (non-hydrogen) atoms. The molecule has 0 aliphatic carbocycles. The minimum Gasteiger partial charge on any atom is -0.457 e. The highest BCUT2D eigenvalue weighted by Gasteiger charge is 2.29. The van der Waals surface area contributed by atoms with E-state index in [0.29, 0.717) is 5.69 Å². The molecule has 2 rings (SSSR count). The third-order valence-corrected chi connectivity index (χ3v) is 3.80. The second kappa shape index (κ2) is 8.85. The summed E-state index contributed by atoms with van der Waals surface area (Å²) in [4.78, 5) is 24.7. The van der Waals surface area contributed by atoms with Crippen molar-refractivity contribution >= 4 is 33.7 Å². The van der Waals surface area contributed by atoms with E-state index in [-0.39, 0.29) is 6.42 Å². The molecule has 1 N–H and O–H groups in total. The van der Waals surface area contributed by atoms with Gasteiger partial charge in [0.05, 0.1) is 0 Å². The minimum atomic E-state index is -1.04. The Morgan fingerprint density at radius 2 is 1.65 bits per heavy atom. The molecule has 1 unspecified atom stereocenters. The molecule has 0 bridgehead atoms. The summed E-state index contributed by atoms with van der Waals surface area (Å²) in [5, 5.41) is 2.61. The molecule has 0 aromatic heterocycles. The second-order valence-corrected chi connectivity index (χ2v) is 7.66. The molecule has 0 aliphatic rings. The van der Waals surface area contributed by atoms with Gasteiger partial charge in [0, 0.05) is 16.6 Å². The Labute approximate surface area is 161 Å². The van der Waals surface area contributed by atoms with Gasteiger partial charge in [-0.25, -0.2) is 9.59 Å². The fourth-order valence-corrected chi connectivity index (χ4v) is 2.44. The first kappa shape index (κ1) is 20.0. The first-order chi connectivity index (χ1) is 12.2. The first-order valence-electron chi connectivity index (χ1n) is 8.23. The average Bonchev–Trinajstić information content (AvgIpc) is 2.56. The van der Waals surface area contributed by atoms with Crippen LogP contribution in [0, 0.1) is 0 Å². The van der Waals surface area contributed by atoms with Crippen LogP contribution in [0.3, 0.4) is 0 Å². The van der Waals surface area contributed by atoms with Crippen LogP contribution in [0.5, 0.6) is 0 Å². The largest absolute Gasteiger partial charge is 0.457 e. The highest BCUT2D eigenvalue weighted by Crippen LogP contribution is 2.17. The van der Waals surface area contributed by atoms with Gasteiger partial charge in [0.2, 0.25) is 6.10 Å². The summed E-state index contributed by atoms with van der Waals surface area (Å²) in [5.74, 6) is -0.577. The molecule has 0 radical (unpaired) electrons. The molecule has 5 nitrogen and oxygen atoms in total. The van der Waals surface area contributed by atoms with Gasteiger partial charge in [0.1, 0.15) is 5.60 Å². The zero-order valence-electron chi connectivity index (χ0n) is 15.0. The highest BCUT2D eigenvalue weighted by atomic mass is 79.9. The summed E-state index contributed by atoms with van der Waals surface area (Å²) >= 11 is 3.33. The number of carbonyl (C=O) groups excluding carboxylic acids is 2. The molecule has 138 valence electrons. The molecule has 0 fully saturated rings. The van der Waals surface area contributed by atoms with E-state index < -0.39 is 23.8 Å². The summed E-state index contributed by atoms with van der Waals surface area (Å²) in [6.07, 6.45) is -1.50. The number of benzene rings is 2. The first-order valence-corrected chi connectivity index (χ1v) is 9.02. The number of hydrogen-bond donors (Lipinski definition) is 1. The SMILES string of the molecule is CC(C)(C)OC(=O)C(Cc1ccccc1)OC(=O)Nc1ccc(Br)cc1.